The SMILES string of the molecule is O=Cc1cccc(NC(=O)Nc2cc(C(F)(F)F)ccc2OCCCO)c1. The van der Waals surface area contributed by atoms with Crippen LogP contribution in [0.4, 0.5) is 29.3 Å². The fourth-order valence-corrected chi connectivity index (χ4v) is 2.15. The molecule has 2 aromatic rings. The van der Waals surface area contributed by atoms with Crippen molar-refractivity contribution >= 4 is 23.7 Å². The van der Waals surface area contributed by atoms with E-state index < -0.39 is 17.8 Å². The number of amides is 2. The number of nitrogens with one attached hydrogen (secondary N) is 2. The van der Waals surface area contributed by atoms with Gasteiger partial charge in [-0.15, -0.1) is 0 Å². The Morgan fingerprint density at radius 1 is 1.15 bits per heavy atom. The van der Waals surface area contributed by atoms with Crippen LogP contribution in [-0.4, -0.2) is 30.6 Å². The number of aliphatic hydroxyl groups is 1. The Kier molecular flexibility index (Phi) is 6.78. The highest BCUT2D eigenvalue weighted by Crippen LogP contribution is 2.35. The van der Waals surface area contributed by atoms with E-state index in [1.807, 2.05) is 0 Å². The average molecular weight is 382 g/mol. The van der Waals surface area contributed by atoms with Crippen LogP contribution in [0.15, 0.2) is 42.5 Å². The van der Waals surface area contributed by atoms with Gasteiger partial charge in [-0.25, -0.2) is 4.79 Å². The van der Waals surface area contributed by atoms with E-state index in [-0.39, 0.29) is 31.1 Å². The normalized spacial score (nSPS) is 11.0. The minimum atomic E-state index is -4.59. The maximum Gasteiger partial charge on any atom is 0.416 e. The molecule has 0 saturated carbocycles. The molecule has 144 valence electrons. The first-order valence-electron chi connectivity index (χ1n) is 7.91. The third kappa shape index (κ3) is 6.00. The number of rotatable bonds is 7. The Morgan fingerprint density at radius 2 is 1.93 bits per heavy atom. The van der Waals surface area contributed by atoms with Crippen LogP contribution < -0.4 is 15.4 Å². The molecule has 0 atom stereocenters. The summed E-state index contributed by atoms with van der Waals surface area (Å²) >= 11 is 0. The molecule has 0 saturated heterocycles. The maximum atomic E-state index is 12.9. The number of hydrogen-bond donors (Lipinski definition) is 3. The summed E-state index contributed by atoms with van der Waals surface area (Å²) in [5.41, 5.74) is -0.492. The van der Waals surface area contributed by atoms with E-state index in [1.165, 1.54) is 18.2 Å². The van der Waals surface area contributed by atoms with Crippen LogP contribution in [0.1, 0.15) is 22.3 Å². The lowest BCUT2D eigenvalue weighted by Crippen LogP contribution is -2.20. The number of anilines is 2. The Morgan fingerprint density at radius 3 is 2.59 bits per heavy atom. The lowest BCUT2D eigenvalue weighted by atomic mass is 10.1. The molecule has 2 rings (SSSR count). The number of ether oxygens (including phenoxy) is 1. The number of urea groups is 1. The number of aliphatic hydroxyl groups excluding tert-OH is 1. The van der Waals surface area contributed by atoms with E-state index in [2.05, 4.69) is 10.6 Å². The molecule has 2 amide bonds. The van der Waals surface area contributed by atoms with Crippen molar-refractivity contribution in [2.75, 3.05) is 23.8 Å². The third-order valence-electron chi connectivity index (χ3n) is 3.40. The number of alkyl halides is 3. The van der Waals surface area contributed by atoms with Gasteiger partial charge in [0, 0.05) is 24.3 Å². The van der Waals surface area contributed by atoms with Crippen molar-refractivity contribution in [3.8, 4) is 5.75 Å². The van der Waals surface area contributed by atoms with E-state index in [0.717, 1.165) is 18.2 Å². The summed E-state index contributed by atoms with van der Waals surface area (Å²) < 4.78 is 44.1. The number of carbonyl (C=O) groups is 2. The molecule has 0 aromatic heterocycles. The van der Waals surface area contributed by atoms with Gasteiger partial charge in [0.1, 0.15) is 12.0 Å². The summed E-state index contributed by atoms with van der Waals surface area (Å²) in [4.78, 5) is 22.9. The smallest absolute Gasteiger partial charge is 0.416 e. The number of hydrogen-bond acceptors (Lipinski definition) is 4. The van der Waals surface area contributed by atoms with E-state index >= 15 is 0 Å². The first-order chi connectivity index (χ1) is 12.8. The summed E-state index contributed by atoms with van der Waals surface area (Å²) in [6.45, 7) is -0.0729. The summed E-state index contributed by atoms with van der Waals surface area (Å²) in [7, 11) is 0. The van der Waals surface area contributed by atoms with Crippen molar-refractivity contribution in [2.45, 2.75) is 12.6 Å². The van der Waals surface area contributed by atoms with Crippen molar-refractivity contribution in [1.82, 2.24) is 0 Å². The minimum absolute atomic E-state index is 0.0354. The Balaban J connectivity index is 2.19. The molecule has 0 unspecified atom stereocenters. The lowest BCUT2D eigenvalue weighted by molar-refractivity contribution is -0.137. The topological polar surface area (TPSA) is 87.7 Å². The van der Waals surface area contributed by atoms with Gasteiger partial charge in [-0.2, -0.15) is 13.2 Å². The molecule has 0 spiro atoms. The van der Waals surface area contributed by atoms with Gasteiger partial charge < -0.3 is 20.5 Å². The van der Waals surface area contributed by atoms with Crippen molar-refractivity contribution in [1.29, 1.82) is 0 Å². The van der Waals surface area contributed by atoms with Gasteiger partial charge in [0.25, 0.3) is 0 Å². The van der Waals surface area contributed by atoms with E-state index in [4.69, 9.17) is 9.84 Å². The molecule has 0 aliphatic rings. The molecule has 0 heterocycles. The van der Waals surface area contributed by atoms with Crippen LogP contribution >= 0.6 is 0 Å². The van der Waals surface area contributed by atoms with Gasteiger partial charge >= 0.3 is 12.2 Å². The number of carbonyl (C=O) groups excluding carboxylic acids is 2. The summed E-state index contributed by atoms with van der Waals surface area (Å²) in [6.07, 6.45) is -3.71. The van der Waals surface area contributed by atoms with Gasteiger partial charge in [-0.1, -0.05) is 12.1 Å². The molecule has 6 nitrogen and oxygen atoms in total. The number of halogens is 3. The minimum Gasteiger partial charge on any atom is -0.491 e. The van der Waals surface area contributed by atoms with Crippen molar-refractivity contribution < 1.29 is 32.6 Å². The molecular formula is C18H17F3N2O4. The number of aldehydes is 1. The first kappa shape index (κ1) is 20.2. The standard InChI is InChI=1S/C18H17F3N2O4/c19-18(20,21)13-5-6-16(27-8-2-7-24)15(10-13)23-17(26)22-14-4-1-3-12(9-14)11-25/h1,3-6,9-11,24H,2,7-8H2,(H2,22,23,26). The van der Waals surface area contributed by atoms with Crippen molar-refractivity contribution in [2.24, 2.45) is 0 Å². The monoisotopic (exact) mass is 382 g/mol. The summed E-state index contributed by atoms with van der Waals surface area (Å²) in [6, 6.07) is 7.92. The predicted octanol–water partition coefficient (Wildman–Crippen LogP) is 3.92. The number of benzene rings is 2. The van der Waals surface area contributed by atoms with Gasteiger partial charge in [0.2, 0.25) is 0 Å². The van der Waals surface area contributed by atoms with Crippen LogP contribution in [0.2, 0.25) is 0 Å². The quantitative estimate of drug-likeness (QED) is 0.500. The average Bonchev–Trinajstić information content (AvgIpc) is 2.62. The van der Waals surface area contributed by atoms with Crippen LogP contribution in [0.25, 0.3) is 0 Å². The molecule has 0 fully saturated rings. The van der Waals surface area contributed by atoms with Crippen molar-refractivity contribution in [3.63, 3.8) is 0 Å². The Hall–Kier alpha value is -3.07. The van der Waals surface area contributed by atoms with Gasteiger partial charge in [-0.3, -0.25) is 4.79 Å². The fraction of sp³-hybridized carbons (Fsp3) is 0.222. The molecule has 0 bridgehead atoms. The maximum absolute atomic E-state index is 12.9. The van der Waals surface area contributed by atoms with Gasteiger partial charge in [-0.05, 0) is 30.3 Å². The lowest BCUT2D eigenvalue weighted by Gasteiger charge is -2.15. The predicted molar refractivity (Wildman–Crippen MR) is 93.1 cm³/mol. The van der Waals surface area contributed by atoms with E-state index in [0.29, 0.717) is 17.5 Å². The fourth-order valence-electron chi connectivity index (χ4n) is 2.15. The third-order valence-corrected chi connectivity index (χ3v) is 3.40. The van der Waals surface area contributed by atoms with E-state index in [9.17, 15) is 22.8 Å². The van der Waals surface area contributed by atoms with Crippen molar-refractivity contribution in [3.05, 3.63) is 53.6 Å². The zero-order chi connectivity index (χ0) is 19.9. The second-order valence-corrected chi connectivity index (χ2v) is 5.46. The highest BCUT2D eigenvalue weighted by Gasteiger charge is 2.31. The van der Waals surface area contributed by atoms with Gasteiger partial charge in [0.05, 0.1) is 17.9 Å². The van der Waals surface area contributed by atoms with Gasteiger partial charge in [0.15, 0.2) is 0 Å². The Bertz CT molecular complexity index is 809. The molecule has 3 N–H and O–H groups in total. The molecule has 2 aromatic carbocycles. The zero-order valence-corrected chi connectivity index (χ0v) is 14.0. The molecule has 0 aliphatic carbocycles. The van der Waals surface area contributed by atoms with E-state index in [1.54, 1.807) is 6.07 Å². The zero-order valence-electron chi connectivity index (χ0n) is 14.0. The second-order valence-electron chi connectivity index (χ2n) is 5.46. The first-order valence-corrected chi connectivity index (χ1v) is 7.91. The van der Waals surface area contributed by atoms with Crippen LogP contribution in [-0.2, 0) is 6.18 Å². The molecular weight excluding hydrogens is 365 g/mol. The molecule has 0 aliphatic heterocycles. The highest BCUT2D eigenvalue weighted by atomic mass is 19.4. The second kappa shape index (κ2) is 9.04. The molecule has 0 radical (unpaired) electrons. The largest absolute Gasteiger partial charge is 0.491 e. The van der Waals surface area contributed by atoms with Crippen LogP contribution in [0.5, 0.6) is 5.75 Å². The molecule has 9 heteroatoms. The molecule has 27 heavy (non-hydrogen) atoms. The Labute approximate surface area is 153 Å². The summed E-state index contributed by atoms with van der Waals surface area (Å²) in [5.74, 6) is 0.0354. The van der Waals surface area contributed by atoms with Crippen LogP contribution in [0, 0.1) is 0 Å². The van der Waals surface area contributed by atoms with Crippen LogP contribution in [0.3, 0.4) is 0 Å². The summed E-state index contributed by atoms with van der Waals surface area (Å²) in [5, 5.41) is 13.5. The highest BCUT2D eigenvalue weighted by molar-refractivity contribution is 6.01.